The molecule has 3 aromatic rings. The molecule has 0 saturated carbocycles. The van der Waals surface area contributed by atoms with Crippen molar-refractivity contribution >= 4 is 50.3 Å². The summed E-state index contributed by atoms with van der Waals surface area (Å²) in [6, 6.07) is 16.1. The molecule has 0 spiro atoms. The summed E-state index contributed by atoms with van der Waals surface area (Å²) in [4.78, 5) is 16.5. The van der Waals surface area contributed by atoms with Crippen LogP contribution >= 0.6 is 23.1 Å². The highest BCUT2D eigenvalue weighted by atomic mass is 32.2. The number of carboxylic acid groups (broad SMARTS) is 1. The second kappa shape index (κ2) is 6.98. The molecule has 1 heterocycles. The summed E-state index contributed by atoms with van der Waals surface area (Å²) >= 11 is 2.89. The Kier molecular flexibility index (Phi) is 4.79. The van der Waals surface area contributed by atoms with E-state index in [1.54, 1.807) is 11.3 Å². The topological polar surface area (TPSA) is 50.2 Å². The fourth-order valence-electron chi connectivity index (χ4n) is 2.10. The van der Waals surface area contributed by atoms with Crippen molar-refractivity contribution in [2.75, 3.05) is 5.75 Å². The first kappa shape index (κ1) is 15.8. The van der Waals surface area contributed by atoms with Gasteiger partial charge in [-0.2, -0.15) is 0 Å². The largest absolute Gasteiger partial charge is 0.481 e. The molecule has 0 aliphatic carbocycles. The lowest BCUT2D eigenvalue weighted by Gasteiger charge is -2.03. The number of aryl methyl sites for hydroxylation is 1. The molecule has 0 aliphatic rings. The number of para-hydroxylation sites is 1. The number of aliphatic carboxylic acids is 1. The molecule has 116 valence electrons. The molecule has 5 heteroatoms. The molecule has 0 aliphatic heterocycles. The number of carbonyl (C=O) groups is 1. The monoisotopic (exact) mass is 341 g/mol. The number of carboxylic acids is 1. The Morgan fingerprint density at radius 1 is 1.22 bits per heavy atom. The SMILES string of the molecule is Cc1ccc(/C=C(\SCC(=O)O)c2nc3ccccc3s2)cc1. The Hall–Kier alpha value is -2.11. The van der Waals surface area contributed by atoms with Gasteiger partial charge in [-0.3, -0.25) is 4.79 Å². The summed E-state index contributed by atoms with van der Waals surface area (Å²) in [6.45, 7) is 2.04. The molecule has 0 saturated heterocycles. The highest BCUT2D eigenvalue weighted by Gasteiger charge is 2.11. The van der Waals surface area contributed by atoms with Gasteiger partial charge in [-0.15, -0.1) is 23.1 Å². The first-order valence-corrected chi connectivity index (χ1v) is 8.91. The lowest BCUT2D eigenvalue weighted by atomic mass is 10.1. The van der Waals surface area contributed by atoms with Crippen molar-refractivity contribution in [3.8, 4) is 0 Å². The number of benzene rings is 2. The predicted octanol–water partition coefficient (Wildman–Crippen LogP) is 4.92. The van der Waals surface area contributed by atoms with E-state index >= 15 is 0 Å². The first-order valence-electron chi connectivity index (χ1n) is 7.11. The van der Waals surface area contributed by atoms with Crippen LogP contribution in [0, 0.1) is 6.92 Å². The minimum Gasteiger partial charge on any atom is -0.481 e. The van der Waals surface area contributed by atoms with Crippen LogP contribution in [0.1, 0.15) is 16.1 Å². The summed E-state index contributed by atoms with van der Waals surface area (Å²) < 4.78 is 1.10. The molecule has 3 rings (SSSR count). The molecular formula is C18H15NO2S2. The number of nitrogens with zero attached hydrogens (tertiary/aromatic N) is 1. The first-order chi connectivity index (χ1) is 11.1. The molecule has 2 aromatic carbocycles. The van der Waals surface area contributed by atoms with Crippen LogP contribution in [-0.2, 0) is 4.79 Å². The van der Waals surface area contributed by atoms with Gasteiger partial charge < -0.3 is 5.11 Å². The molecule has 23 heavy (non-hydrogen) atoms. The zero-order valence-corrected chi connectivity index (χ0v) is 14.2. The minimum absolute atomic E-state index is 0.0214. The van der Waals surface area contributed by atoms with Crippen molar-refractivity contribution in [1.29, 1.82) is 0 Å². The molecule has 0 fully saturated rings. The minimum atomic E-state index is -0.828. The van der Waals surface area contributed by atoms with E-state index in [1.807, 2.05) is 61.5 Å². The molecule has 0 bridgehead atoms. The zero-order chi connectivity index (χ0) is 16.2. The molecule has 3 nitrogen and oxygen atoms in total. The normalized spacial score (nSPS) is 11.8. The summed E-state index contributed by atoms with van der Waals surface area (Å²) in [5.74, 6) is -0.806. The maximum absolute atomic E-state index is 10.9. The van der Waals surface area contributed by atoms with Crippen LogP contribution in [0.25, 0.3) is 21.2 Å². The van der Waals surface area contributed by atoms with E-state index in [1.165, 1.54) is 17.3 Å². The maximum atomic E-state index is 10.9. The van der Waals surface area contributed by atoms with E-state index in [0.717, 1.165) is 25.7 Å². The van der Waals surface area contributed by atoms with Crippen molar-refractivity contribution in [2.45, 2.75) is 6.92 Å². The van der Waals surface area contributed by atoms with Crippen LogP contribution in [0.15, 0.2) is 48.5 Å². The van der Waals surface area contributed by atoms with E-state index in [-0.39, 0.29) is 5.75 Å². The maximum Gasteiger partial charge on any atom is 0.313 e. The molecule has 0 unspecified atom stereocenters. The Morgan fingerprint density at radius 3 is 2.65 bits per heavy atom. The quantitative estimate of drug-likeness (QED) is 0.715. The van der Waals surface area contributed by atoms with Crippen molar-refractivity contribution < 1.29 is 9.90 Å². The van der Waals surface area contributed by atoms with Crippen molar-refractivity contribution in [3.05, 3.63) is 64.7 Å². The van der Waals surface area contributed by atoms with Gasteiger partial charge in [-0.25, -0.2) is 4.98 Å². The van der Waals surface area contributed by atoms with Crippen molar-refractivity contribution in [3.63, 3.8) is 0 Å². The van der Waals surface area contributed by atoms with Gasteiger partial charge in [-0.1, -0.05) is 42.0 Å². The van der Waals surface area contributed by atoms with E-state index in [9.17, 15) is 4.79 Å². The third kappa shape index (κ3) is 4.00. The van der Waals surface area contributed by atoms with E-state index in [4.69, 9.17) is 5.11 Å². The Bertz CT molecular complexity index is 833. The number of hydrogen-bond donors (Lipinski definition) is 1. The highest BCUT2D eigenvalue weighted by molar-refractivity contribution is 8.09. The van der Waals surface area contributed by atoms with Crippen LogP contribution in [0.2, 0.25) is 0 Å². The third-order valence-corrected chi connectivity index (χ3v) is 5.44. The second-order valence-corrected chi connectivity index (χ2v) is 7.14. The van der Waals surface area contributed by atoms with E-state index in [0.29, 0.717) is 0 Å². The smallest absolute Gasteiger partial charge is 0.313 e. The number of fused-ring (bicyclic) bond motifs is 1. The number of thioether (sulfide) groups is 1. The number of aromatic nitrogens is 1. The summed E-state index contributed by atoms with van der Waals surface area (Å²) in [5.41, 5.74) is 3.18. The zero-order valence-electron chi connectivity index (χ0n) is 12.5. The number of rotatable bonds is 5. The van der Waals surface area contributed by atoms with Gasteiger partial charge in [0.2, 0.25) is 0 Å². The third-order valence-electron chi connectivity index (χ3n) is 3.23. The van der Waals surface area contributed by atoms with Crippen LogP contribution in [0.4, 0.5) is 0 Å². The fraction of sp³-hybridized carbons (Fsp3) is 0.111. The molecule has 1 aromatic heterocycles. The summed E-state index contributed by atoms with van der Waals surface area (Å²) in [7, 11) is 0. The fourth-order valence-corrected chi connectivity index (χ4v) is 3.94. The lowest BCUT2D eigenvalue weighted by molar-refractivity contribution is -0.133. The van der Waals surface area contributed by atoms with Gasteiger partial charge >= 0.3 is 5.97 Å². The van der Waals surface area contributed by atoms with Crippen LogP contribution in [0.3, 0.4) is 0 Å². The van der Waals surface area contributed by atoms with Gasteiger partial charge in [0.25, 0.3) is 0 Å². The average Bonchev–Trinajstić information content (AvgIpc) is 2.97. The van der Waals surface area contributed by atoms with E-state index < -0.39 is 5.97 Å². The average molecular weight is 341 g/mol. The van der Waals surface area contributed by atoms with Gasteiger partial charge in [0.05, 0.1) is 16.0 Å². The Balaban J connectivity index is 2.00. The summed E-state index contributed by atoms with van der Waals surface area (Å²) in [6.07, 6.45) is 2.00. The molecular weight excluding hydrogens is 326 g/mol. The number of hydrogen-bond acceptors (Lipinski definition) is 4. The lowest BCUT2D eigenvalue weighted by Crippen LogP contribution is -1.98. The van der Waals surface area contributed by atoms with E-state index in [2.05, 4.69) is 4.98 Å². The van der Waals surface area contributed by atoms with Crippen molar-refractivity contribution in [2.24, 2.45) is 0 Å². The highest BCUT2D eigenvalue weighted by Crippen LogP contribution is 2.35. The number of thiazole rings is 1. The molecule has 0 atom stereocenters. The predicted molar refractivity (Wildman–Crippen MR) is 98.8 cm³/mol. The second-order valence-electron chi connectivity index (χ2n) is 5.09. The van der Waals surface area contributed by atoms with Gasteiger partial charge in [0, 0.05) is 4.91 Å². The Morgan fingerprint density at radius 2 is 1.96 bits per heavy atom. The summed E-state index contributed by atoms with van der Waals surface area (Å²) in [5, 5.41) is 9.85. The van der Waals surface area contributed by atoms with Gasteiger partial charge in [0.1, 0.15) is 5.01 Å². The molecule has 1 N–H and O–H groups in total. The Labute approximate surface area is 142 Å². The van der Waals surface area contributed by atoms with Gasteiger partial charge in [0.15, 0.2) is 0 Å². The van der Waals surface area contributed by atoms with Gasteiger partial charge in [-0.05, 0) is 30.7 Å². The van der Waals surface area contributed by atoms with Crippen molar-refractivity contribution in [1.82, 2.24) is 4.98 Å². The molecule has 0 amide bonds. The standard InChI is InChI=1S/C18H15NO2S2/c1-12-6-8-13(9-7-12)10-16(22-11-17(20)21)18-19-14-4-2-3-5-15(14)23-18/h2-10H,11H2,1H3,(H,20,21)/b16-10-. The van der Waals surface area contributed by atoms with Crippen LogP contribution in [0.5, 0.6) is 0 Å². The molecule has 0 radical (unpaired) electrons. The van der Waals surface area contributed by atoms with Crippen LogP contribution < -0.4 is 0 Å². The van der Waals surface area contributed by atoms with Crippen LogP contribution in [-0.4, -0.2) is 21.8 Å².